The second-order valence-electron chi connectivity index (χ2n) is 5.63. The summed E-state index contributed by atoms with van der Waals surface area (Å²) in [6.45, 7) is 2.70. The third kappa shape index (κ3) is 7.87. The number of hydrogen-bond donors (Lipinski definition) is 2. The number of urea groups is 1. The van der Waals surface area contributed by atoms with E-state index in [1.807, 2.05) is 14.1 Å². The fourth-order valence-corrected chi connectivity index (χ4v) is 2.27. The number of hydrogen-bond acceptors (Lipinski definition) is 4. The molecule has 0 aliphatic carbocycles. The number of piperidine rings is 1. The van der Waals surface area contributed by atoms with Crippen molar-refractivity contribution in [1.29, 1.82) is 0 Å². The minimum absolute atomic E-state index is 0.0310. The monoisotopic (exact) mass is 301 g/mol. The van der Waals surface area contributed by atoms with Crippen molar-refractivity contribution in [1.82, 2.24) is 15.1 Å². The Hall–Kier alpha value is -1.34. The van der Waals surface area contributed by atoms with Crippen LogP contribution < -0.4 is 5.32 Å². The molecular formula is C14H27N3O4. The number of likely N-dealkylation sites (tertiary alicyclic amines) is 1. The van der Waals surface area contributed by atoms with E-state index in [0.29, 0.717) is 32.5 Å². The first-order chi connectivity index (χ1) is 9.99. The second-order valence-corrected chi connectivity index (χ2v) is 5.63. The maximum atomic E-state index is 11.9. The molecule has 0 aromatic rings. The zero-order chi connectivity index (χ0) is 15.7. The lowest BCUT2D eigenvalue weighted by Crippen LogP contribution is -2.46. The van der Waals surface area contributed by atoms with Crippen LogP contribution in [0.15, 0.2) is 0 Å². The topological polar surface area (TPSA) is 82.1 Å². The lowest BCUT2D eigenvalue weighted by atomic mass is 10.1. The average Bonchev–Trinajstić information content (AvgIpc) is 2.44. The van der Waals surface area contributed by atoms with Gasteiger partial charge in [-0.25, -0.2) is 9.59 Å². The molecule has 21 heavy (non-hydrogen) atoms. The van der Waals surface area contributed by atoms with Crippen molar-refractivity contribution in [2.24, 2.45) is 0 Å². The zero-order valence-electron chi connectivity index (χ0n) is 13.0. The Balaban J connectivity index is 2.10. The van der Waals surface area contributed by atoms with E-state index < -0.39 is 5.97 Å². The van der Waals surface area contributed by atoms with E-state index in [9.17, 15) is 9.59 Å². The van der Waals surface area contributed by atoms with Crippen LogP contribution in [0.3, 0.4) is 0 Å². The molecule has 0 radical (unpaired) electrons. The highest BCUT2D eigenvalue weighted by atomic mass is 16.5. The van der Waals surface area contributed by atoms with Crippen LogP contribution in [-0.4, -0.2) is 79.9 Å². The van der Waals surface area contributed by atoms with Gasteiger partial charge in [0.1, 0.15) is 6.61 Å². The molecular weight excluding hydrogens is 274 g/mol. The van der Waals surface area contributed by atoms with Crippen LogP contribution in [0.25, 0.3) is 0 Å². The Morgan fingerprint density at radius 1 is 1.29 bits per heavy atom. The van der Waals surface area contributed by atoms with Crippen LogP contribution in [0.2, 0.25) is 0 Å². The Bertz CT molecular complexity index is 328. The van der Waals surface area contributed by atoms with Gasteiger partial charge in [-0.15, -0.1) is 0 Å². The van der Waals surface area contributed by atoms with Crippen molar-refractivity contribution in [3.63, 3.8) is 0 Å². The van der Waals surface area contributed by atoms with Crippen LogP contribution in [0.4, 0.5) is 4.79 Å². The van der Waals surface area contributed by atoms with Gasteiger partial charge >= 0.3 is 12.0 Å². The molecule has 7 nitrogen and oxygen atoms in total. The van der Waals surface area contributed by atoms with Crippen molar-refractivity contribution in [2.45, 2.75) is 31.8 Å². The summed E-state index contributed by atoms with van der Waals surface area (Å²) < 4.78 is 5.25. The van der Waals surface area contributed by atoms with Crippen LogP contribution in [0.1, 0.15) is 25.7 Å². The smallest absolute Gasteiger partial charge is 0.329 e. The van der Waals surface area contributed by atoms with Gasteiger partial charge in [-0.05, 0) is 46.3 Å². The van der Waals surface area contributed by atoms with Gasteiger partial charge in [-0.3, -0.25) is 0 Å². The number of amides is 2. The Labute approximate surface area is 126 Å². The number of aliphatic carboxylic acids is 1. The first kappa shape index (κ1) is 17.7. The molecule has 0 unspecified atom stereocenters. The first-order valence-electron chi connectivity index (χ1n) is 7.50. The minimum atomic E-state index is -0.951. The molecule has 1 fully saturated rings. The molecule has 1 saturated heterocycles. The third-order valence-electron chi connectivity index (χ3n) is 3.48. The van der Waals surface area contributed by atoms with Crippen LogP contribution in [0, 0.1) is 0 Å². The zero-order valence-corrected chi connectivity index (χ0v) is 13.0. The number of carboxylic acids is 1. The van der Waals surface area contributed by atoms with Gasteiger partial charge in [0.15, 0.2) is 0 Å². The van der Waals surface area contributed by atoms with Crippen molar-refractivity contribution in [2.75, 3.05) is 46.9 Å². The Morgan fingerprint density at radius 3 is 2.52 bits per heavy atom. The molecule has 0 spiro atoms. The van der Waals surface area contributed by atoms with Crippen LogP contribution >= 0.6 is 0 Å². The molecule has 0 atom stereocenters. The predicted octanol–water partition coefficient (Wildman–Crippen LogP) is 0.603. The predicted molar refractivity (Wildman–Crippen MR) is 79.4 cm³/mol. The summed E-state index contributed by atoms with van der Waals surface area (Å²) in [6, 6.07) is -0.0310. The van der Waals surface area contributed by atoms with Gasteiger partial charge in [0.25, 0.3) is 0 Å². The molecule has 0 bridgehead atoms. The molecule has 0 aromatic carbocycles. The summed E-state index contributed by atoms with van der Waals surface area (Å²) in [5, 5.41) is 11.5. The molecule has 0 aromatic heterocycles. The second kappa shape index (κ2) is 9.57. The molecule has 122 valence electrons. The highest BCUT2D eigenvalue weighted by Gasteiger charge is 2.23. The van der Waals surface area contributed by atoms with Gasteiger partial charge in [0.2, 0.25) is 0 Å². The van der Waals surface area contributed by atoms with E-state index in [0.717, 1.165) is 19.4 Å². The first-order valence-corrected chi connectivity index (χ1v) is 7.50. The van der Waals surface area contributed by atoms with Crippen LogP contribution in [-0.2, 0) is 9.53 Å². The minimum Gasteiger partial charge on any atom is -0.480 e. The summed E-state index contributed by atoms with van der Waals surface area (Å²) in [7, 11) is 4.07. The van der Waals surface area contributed by atoms with Gasteiger partial charge in [0, 0.05) is 19.6 Å². The number of unbranched alkanes of at least 4 members (excludes halogenated alkanes) is 1. The molecule has 2 amide bonds. The Morgan fingerprint density at radius 2 is 1.95 bits per heavy atom. The van der Waals surface area contributed by atoms with Gasteiger partial charge < -0.3 is 25.0 Å². The van der Waals surface area contributed by atoms with Gasteiger partial charge in [0.05, 0.1) is 6.10 Å². The van der Waals surface area contributed by atoms with E-state index in [1.54, 1.807) is 4.90 Å². The summed E-state index contributed by atoms with van der Waals surface area (Å²) in [6.07, 6.45) is 3.38. The normalized spacial score (nSPS) is 16.2. The van der Waals surface area contributed by atoms with E-state index in [-0.39, 0.29) is 18.7 Å². The van der Waals surface area contributed by atoms with Crippen LogP contribution in [0.5, 0.6) is 0 Å². The fraction of sp³-hybridized carbons (Fsp3) is 0.857. The standard InChI is InChI=1S/C14H27N3O4/c1-16(2)8-4-3-7-15-14(20)17-9-5-12(6-10-17)21-11-13(18)19/h12H,3-11H2,1-2H3,(H,15,20)(H,18,19). The number of carbonyl (C=O) groups is 2. The fourth-order valence-electron chi connectivity index (χ4n) is 2.27. The van der Waals surface area contributed by atoms with Gasteiger partial charge in [-0.1, -0.05) is 0 Å². The quantitative estimate of drug-likeness (QED) is 0.642. The Kier molecular flexibility index (Phi) is 8.07. The average molecular weight is 301 g/mol. The maximum Gasteiger partial charge on any atom is 0.329 e. The number of carbonyl (C=O) groups excluding carboxylic acids is 1. The maximum absolute atomic E-state index is 11.9. The molecule has 7 heteroatoms. The van der Waals surface area contributed by atoms with Crippen molar-refractivity contribution in [3.8, 4) is 0 Å². The summed E-state index contributed by atoms with van der Waals surface area (Å²) >= 11 is 0. The number of carboxylic acid groups (broad SMARTS) is 1. The molecule has 1 heterocycles. The molecule has 1 aliphatic rings. The van der Waals surface area contributed by atoms with E-state index in [1.165, 1.54) is 0 Å². The lowest BCUT2D eigenvalue weighted by molar-refractivity contribution is -0.145. The van der Waals surface area contributed by atoms with Crippen molar-refractivity contribution in [3.05, 3.63) is 0 Å². The van der Waals surface area contributed by atoms with Gasteiger partial charge in [-0.2, -0.15) is 0 Å². The van der Waals surface area contributed by atoms with Crippen molar-refractivity contribution >= 4 is 12.0 Å². The number of rotatable bonds is 8. The molecule has 0 saturated carbocycles. The highest BCUT2D eigenvalue weighted by Crippen LogP contribution is 2.13. The number of nitrogens with zero attached hydrogens (tertiary/aromatic N) is 2. The summed E-state index contributed by atoms with van der Waals surface area (Å²) in [5.74, 6) is -0.951. The lowest BCUT2D eigenvalue weighted by Gasteiger charge is -2.31. The highest BCUT2D eigenvalue weighted by molar-refractivity contribution is 5.74. The number of nitrogens with one attached hydrogen (secondary N) is 1. The largest absolute Gasteiger partial charge is 0.480 e. The SMILES string of the molecule is CN(C)CCCCNC(=O)N1CCC(OCC(=O)O)CC1. The molecule has 1 rings (SSSR count). The summed E-state index contributed by atoms with van der Waals surface area (Å²) in [4.78, 5) is 26.3. The third-order valence-corrected chi connectivity index (χ3v) is 3.48. The van der Waals surface area contributed by atoms with E-state index in [4.69, 9.17) is 9.84 Å². The molecule has 2 N–H and O–H groups in total. The number of ether oxygens (including phenoxy) is 1. The van der Waals surface area contributed by atoms with Crippen molar-refractivity contribution < 1.29 is 19.4 Å². The summed E-state index contributed by atoms with van der Waals surface area (Å²) in [5.41, 5.74) is 0. The molecule has 1 aliphatic heterocycles. The van der Waals surface area contributed by atoms with E-state index in [2.05, 4.69) is 10.2 Å². The van der Waals surface area contributed by atoms with E-state index >= 15 is 0 Å².